The Morgan fingerprint density at radius 1 is 1.22 bits per heavy atom. The van der Waals surface area contributed by atoms with Crippen molar-refractivity contribution >= 4 is 39.3 Å². The number of para-hydroxylation sites is 1. The Balaban J connectivity index is 1.62. The molecule has 0 N–H and O–H groups in total. The molecule has 23 heavy (non-hydrogen) atoms. The molecule has 1 aliphatic rings. The minimum Gasteiger partial charge on any atom is -0.378 e. The van der Waals surface area contributed by atoms with Crippen LogP contribution in [0.2, 0.25) is 0 Å². The molecule has 0 bridgehead atoms. The highest BCUT2D eigenvalue weighted by molar-refractivity contribution is 8.01. The summed E-state index contributed by atoms with van der Waals surface area (Å²) >= 11 is 3.28. The van der Waals surface area contributed by atoms with Crippen LogP contribution in [0.1, 0.15) is 6.92 Å². The summed E-state index contributed by atoms with van der Waals surface area (Å²) in [5, 5.41) is 9.68. The van der Waals surface area contributed by atoms with E-state index < -0.39 is 0 Å². The minimum absolute atomic E-state index is 0.747. The SMILES string of the molecule is CCn1c(Sc2nc3ccccc3s2)nnc1N1CCOCC1. The second kappa shape index (κ2) is 6.46. The van der Waals surface area contributed by atoms with Crippen LogP contribution in [0.4, 0.5) is 5.95 Å². The van der Waals surface area contributed by atoms with Gasteiger partial charge in [0.2, 0.25) is 5.95 Å². The van der Waals surface area contributed by atoms with E-state index in [1.54, 1.807) is 23.1 Å². The molecule has 1 aromatic carbocycles. The quantitative estimate of drug-likeness (QED) is 0.723. The van der Waals surface area contributed by atoms with Crippen molar-refractivity contribution in [3.8, 4) is 0 Å². The maximum absolute atomic E-state index is 5.42. The molecule has 0 radical (unpaired) electrons. The number of aromatic nitrogens is 4. The highest BCUT2D eigenvalue weighted by Gasteiger charge is 2.20. The van der Waals surface area contributed by atoms with Gasteiger partial charge in [-0.25, -0.2) is 4.98 Å². The van der Waals surface area contributed by atoms with Crippen molar-refractivity contribution in [1.29, 1.82) is 0 Å². The summed E-state index contributed by atoms with van der Waals surface area (Å²) < 4.78 is 9.77. The van der Waals surface area contributed by atoms with Gasteiger partial charge in [-0.3, -0.25) is 4.57 Å². The average molecular weight is 347 g/mol. The summed E-state index contributed by atoms with van der Waals surface area (Å²) in [4.78, 5) is 6.91. The van der Waals surface area contributed by atoms with Crippen molar-refractivity contribution in [3.63, 3.8) is 0 Å². The lowest BCUT2D eigenvalue weighted by Gasteiger charge is -2.27. The van der Waals surface area contributed by atoms with Crippen LogP contribution in [0, 0.1) is 0 Å². The predicted octanol–water partition coefficient (Wildman–Crippen LogP) is 2.90. The number of morpholine rings is 1. The summed E-state index contributed by atoms with van der Waals surface area (Å²) in [7, 11) is 0. The molecule has 0 amide bonds. The van der Waals surface area contributed by atoms with Crippen molar-refractivity contribution < 1.29 is 4.74 Å². The maximum atomic E-state index is 5.42. The molecule has 4 rings (SSSR count). The highest BCUT2D eigenvalue weighted by atomic mass is 32.2. The van der Waals surface area contributed by atoms with Crippen LogP contribution >= 0.6 is 23.1 Å². The second-order valence-corrected chi connectivity index (χ2v) is 7.42. The number of benzene rings is 1. The van der Waals surface area contributed by atoms with E-state index in [2.05, 4.69) is 37.6 Å². The van der Waals surface area contributed by atoms with Gasteiger partial charge in [-0.1, -0.05) is 12.1 Å². The molecule has 3 aromatic rings. The number of rotatable bonds is 4. The number of hydrogen-bond acceptors (Lipinski definition) is 7. The number of fused-ring (bicyclic) bond motifs is 1. The Bertz CT molecular complexity index is 776. The molecule has 0 unspecified atom stereocenters. The van der Waals surface area contributed by atoms with Gasteiger partial charge in [0, 0.05) is 19.6 Å². The first-order valence-electron chi connectivity index (χ1n) is 7.64. The lowest BCUT2D eigenvalue weighted by Crippen LogP contribution is -2.38. The summed E-state index contributed by atoms with van der Waals surface area (Å²) in [5.74, 6) is 0.930. The van der Waals surface area contributed by atoms with Gasteiger partial charge in [-0.05, 0) is 30.8 Å². The number of thiazole rings is 1. The highest BCUT2D eigenvalue weighted by Crippen LogP contribution is 2.34. The van der Waals surface area contributed by atoms with E-state index in [9.17, 15) is 0 Å². The van der Waals surface area contributed by atoms with Gasteiger partial charge in [0.15, 0.2) is 9.50 Å². The molecule has 8 heteroatoms. The zero-order valence-corrected chi connectivity index (χ0v) is 14.4. The van der Waals surface area contributed by atoms with E-state index in [0.717, 1.165) is 53.8 Å². The maximum Gasteiger partial charge on any atom is 0.228 e. The molecule has 3 heterocycles. The lowest BCUT2D eigenvalue weighted by atomic mass is 10.3. The summed E-state index contributed by atoms with van der Waals surface area (Å²) in [6, 6.07) is 8.20. The van der Waals surface area contributed by atoms with Crippen molar-refractivity contribution in [2.45, 2.75) is 23.0 Å². The number of ether oxygens (including phenoxy) is 1. The number of anilines is 1. The van der Waals surface area contributed by atoms with Crippen LogP contribution in [0.15, 0.2) is 33.8 Å². The van der Waals surface area contributed by atoms with Crippen LogP contribution in [0.25, 0.3) is 10.2 Å². The van der Waals surface area contributed by atoms with Crippen molar-refractivity contribution in [1.82, 2.24) is 19.7 Å². The van der Waals surface area contributed by atoms with Gasteiger partial charge < -0.3 is 9.64 Å². The summed E-state index contributed by atoms with van der Waals surface area (Å²) in [5.41, 5.74) is 1.04. The fourth-order valence-corrected chi connectivity index (χ4v) is 4.66. The van der Waals surface area contributed by atoms with E-state index in [0.29, 0.717) is 0 Å². The van der Waals surface area contributed by atoms with Crippen molar-refractivity contribution in [2.75, 3.05) is 31.2 Å². The summed E-state index contributed by atoms with van der Waals surface area (Å²) in [6.07, 6.45) is 0. The van der Waals surface area contributed by atoms with Crippen LogP contribution in [0.3, 0.4) is 0 Å². The first kappa shape index (κ1) is 14.9. The Kier molecular flexibility index (Phi) is 4.19. The Morgan fingerprint density at radius 2 is 2.04 bits per heavy atom. The second-order valence-electron chi connectivity index (χ2n) is 5.18. The van der Waals surface area contributed by atoms with Gasteiger partial charge in [-0.15, -0.1) is 21.5 Å². The van der Waals surface area contributed by atoms with Gasteiger partial charge in [-0.2, -0.15) is 0 Å². The molecule has 1 fully saturated rings. The molecule has 6 nitrogen and oxygen atoms in total. The molecule has 0 atom stereocenters. The molecule has 1 aliphatic heterocycles. The normalized spacial score (nSPS) is 15.4. The monoisotopic (exact) mass is 347 g/mol. The first-order valence-corrected chi connectivity index (χ1v) is 9.28. The van der Waals surface area contributed by atoms with Crippen LogP contribution in [-0.2, 0) is 11.3 Å². The van der Waals surface area contributed by atoms with E-state index in [-0.39, 0.29) is 0 Å². The molecule has 1 saturated heterocycles. The third kappa shape index (κ3) is 2.93. The molecular formula is C15H17N5OS2. The topological polar surface area (TPSA) is 56.1 Å². The average Bonchev–Trinajstić information content (AvgIpc) is 3.19. The fourth-order valence-electron chi connectivity index (χ4n) is 2.60. The number of nitrogens with zero attached hydrogens (tertiary/aromatic N) is 5. The van der Waals surface area contributed by atoms with E-state index in [1.807, 2.05) is 18.2 Å². The van der Waals surface area contributed by atoms with E-state index in [4.69, 9.17) is 4.74 Å². The Labute approximate surface area is 142 Å². The molecule has 0 aliphatic carbocycles. The molecule has 2 aromatic heterocycles. The first-order chi connectivity index (χ1) is 11.3. The fraction of sp³-hybridized carbons (Fsp3) is 0.400. The van der Waals surface area contributed by atoms with Gasteiger partial charge >= 0.3 is 0 Å². The van der Waals surface area contributed by atoms with Crippen molar-refractivity contribution in [2.24, 2.45) is 0 Å². The lowest BCUT2D eigenvalue weighted by molar-refractivity contribution is 0.121. The van der Waals surface area contributed by atoms with Crippen LogP contribution < -0.4 is 4.90 Å². The van der Waals surface area contributed by atoms with Crippen LogP contribution in [0.5, 0.6) is 0 Å². The van der Waals surface area contributed by atoms with Crippen molar-refractivity contribution in [3.05, 3.63) is 24.3 Å². The minimum atomic E-state index is 0.747. The zero-order chi connectivity index (χ0) is 15.6. The number of hydrogen-bond donors (Lipinski definition) is 0. The Hall–Kier alpha value is -1.64. The third-order valence-corrected chi connectivity index (χ3v) is 5.84. The predicted molar refractivity (Wildman–Crippen MR) is 92.5 cm³/mol. The summed E-state index contributed by atoms with van der Waals surface area (Å²) in [6.45, 7) is 6.18. The largest absolute Gasteiger partial charge is 0.378 e. The molecular weight excluding hydrogens is 330 g/mol. The molecule has 0 saturated carbocycles. The third-order valence-electron chi connectivity index (χ3n) is 3.76. The molecule has 0 spiro atoms. The van der Waals surface area contributed by atoms with Gasteiger partial charge in [0.25, 0.3) is 0 Å². The van der Waals surface area contributed by atoms with Crippen LogP contribution in [-0.4, -0.2) is 46.1 Å². The van der Waals surface area contributed by atoms with Gasteiger partial charge in [0.1, 0.15) is 0 Å². The molecule has 120 valence electrons. The van der Waals surface area contributed by atoms with Gasteiger partial charge in [0.05, 0.1) is 23.4 Å². The zero-order valence-electron chi connectivity index (χ0n) is 12.8. The van der Waals surface area contributed by atoms with E-state index >= 15 is 0 Å². The Morgan fingerprint density at radius 3 is 2.83 bits per heavy atom. The van der Waals surface area contributed by atoms with E-state index in [1.165, 1.54) is 4.70 Å². The standard InChI is InChI=1S/C15H17N5OS2/c1-2-20-13(19-7-9-21-10-8-19)17-18-14(20)23-15-16-11-5-3-4-6-12(11)22-15/h3-6H,2,7-10H2,1H3. The smallest absolute Gasteiger partial charge is 0.228 e.